The summed E-state index contributed by atoms with van der Waals surface area (Å²) in [7, 11) is 4.50. The van der Waals surface area contributed by atoms with Gasteiger partial charge < -0.3 is 24.3 Å². The molecule has 1 N–H and O–H groups in total. The van der Waals surface area contributed by atoms with Crippen molar-refractivity contribution in [1.29, 1.82) is 0 Å². The van der Waals surface area contributed by atoms with E-state index in [9.17, 15) is 14.0 Å². The average Bonchev–Trinajstić information content (AvgIpc) is 2.80. The third kappa shape index (κ3) is 4.61. The minimum absolute atomic E-state index is 0.00487. The van der Waals surface area contributed by atoms with Gasteiger partial charge in [0, 0.05) is 7.05 Å². The SMILES string of the molecule is CCOC(=O)C1=C(COc2ccccc2F)N(C)C(=O)N[C@H]1c1ccc(OC)c(OC)c1. The monoisotopic (exact) mass is 444 g/mol. The number of urea groups is 1. The van der Waals surface area contributed by atoms with Gasteiger partial charge in [0.1, 0.15) is 6.61 Å². The van der Waals surface area contributed by atoms with Crippen LogP contribution >= 0.6 is 0 Å². The molecule has 0 saturated heterocycles. The summed E-state index contributed by atoms with van der Waals surface area (Å²) in [6, 6.07) is 9.67. The molecule has 0 aliphatic carbocycles. The Bertz CT molecular complexity index is 1040. The number of rotatable bonds is 8. The zero-order chi connectivity index (χ0) is 23.3. The molecule has 0 radical (unpaired) electrons. The van der Waals surface area contributed by atoms with Crippen molar-refractivity contribution in [3.05, 3.63) is 65.1 Å². The zero-order valence-corrected chi connectivity index (χ0v) is 18.3. The molecule has 1 heterocycles. The van der Waals surface area contributed by atoms with Gasteiger partial charge >= 0.3 is 12.0 Å². The number of amides is 2. The first-order valence-corrected chi connectivity index (χ1v) is 9.94. The van der Waals surface area contributed by atoms with Crippen molar-refractivity contribution in [3.63, 3.8) is 0 Å². The zero-order valence-electron chi connectivity index (χ0n) is 18.3. The molecule has 0 spiro atoms. The number of carbonyl (C=O) groups is 2. The Kier molecular flexibility index (Phi) is 7.19. The van der Waals surface area contributed by atoms with Crippen LogP contribution in [0.3, 0.4) is 0 Å². The number of ether oxygens (including phenoxy) is 4. The standard InChI is InChI=1S/C23H25FN2O6/c1-5-31-22(27)20-16(13-32-17-9-7-6-8-15(17)24)26(2)23(28)25-21(20)14-10-11-18(29-3)19(12-14)30-4/h6-12,21H,5,13H2,1-4H3,(H,25,28)/t21-/m0/s1. The first kappa shape index (κ1) is 22.9. The normalized spacial score (nSPS) is 15.8. The van der Waals surface area contributed by atoms with Gasteiger partial charge in [0.2, 0.25) is 0 Å². The predicted octanol–water partition coefficient (Wildman–Crippen LogP) is 3.44. The highest BCUT2D eigenvalue weighted by molar-refractivity contribution is 5.95. The Labute approximate surface area is 185 Å². The summed E-state index contributed by atoms with van der Waals surface area (Å²) in [6.45, 7) is 1.60. The number of likely N-dealkylation sites (N-methyl/N-ethyl adjacent to an activating group) is 1. The first-order chi connectivity index (χ1) is 15.4. The summed E-state index contributed by atoms with van der Waals surface area (Å²) in [5.74, 6) is -0.229. The highest BCUT2D eigenvalue weighted by Crippen LogP contribution is 2.36. The van der Waals surface area contributed by atoms with Crippen molar-refractivity contribution in [2.24, 2.45) is 0 Å². The number of halogens is 1. The average molecular weight is 444 g/mol. The van der Waals surface area contributed by atoms with Crippen LogP contribution in [0.25, 0.3) is 0 Å². The summed E-state index contributed by atoms with van der Waals surface area (Å²) >= 11 is 0. The lowest BCUT2D eigenvalue weighted by Crippen LogP contribution is -2.48. The van der Waals surface area contributed by atoms with Crippen molar-refractivity contribution in [3.8, 4) is 17.2 Å². The van der Waals surface area contributed by atoms with Gasteiger partial charge in [-0.05, 0) is 36.8 Å². The number of hydrogen-bond acceptors (Lipinski definition) is 6. The lowest BCUT2D eigenvalue weighted by molar-refractivity contribution is -0.139. The van der Waals surface area contributed by atoms with Crippen molar-refractivity contribution >= 4 is 12.0 Å². The molecule has 2 aromatic rings. The molecule has 0 fully saturated rings. The molecule has 1 atom stereocenters. The molecule has 170 valence electrons. The quantitative estimate of drug-likeness (QED) is 0.628. The van der Waals surface area contributed by atoms with Gasteiger partial charge in [0.25, 0.3) is 0 Å². The van der Waals surface area contributed by atoms with Crippen LogP contribution in [0, 0.1) is 5.82 Å². The molecule has 0 bridgehead atoms. The number of carbonyl (C=O) groups excluding carboxylic acids is 2. The van der Waals surface area contributed by atoms with Crippen molar-refractivity contribution in [2.75, 3.05) is 34.5 Å². The van der Waals surface area contributed by atoms with Crippen molar-refractivity contribution < 1.29 is 32.9 Å². The minimum atomic E-state index is -0.836. The fourth-order valence-electron chi connectivity index (χ4n) is 3.37. The maximum absolute atomic E-state index is 14.0. The van der Waals surface area contributed by atoms with E-state index in [0.717, 1.165) is 0 Å². The van der Waals surface area contributed by atoms with Crippen LogP contribution < -0.4 is 19.5 Å². The molecule has 1 aliphatic rings. The summed E-state index contributed by atoms with van der Waals surface area (Å²) in [5, 5.41) is 2.80. The molecule has 1 aliphatic heterocycles. The van der Waals surface area contributed by atoms with Gasteiger partial charge in [-0.1, -0.05) is 18.2 Å². The number of para-hydroxylation sites is 1. The van der Waals surface area contributed by atoms with E-state index in [0.29, 0.717) is 17.1 Å². The Morgan fingerprint density at radius 3 is 2.47 bits per heavy atom. The molecular weight excluding hydrogens is 419 g/mol. The van der Waals surface area contributed by atoms with E-state index >= 15 is 0 Å². The van der Waals surface area contributed by atoms with Gasteiger partial charge in [-0.25, -0.2) is 14.0 Å². The lowest BCUT2D eigenvalue weighted by atomic mass is 9.94. The molecule has 0 saturated carbocycles. The van der Waals surface area contributed by atoms with Crippen LogP contribution in [0.1, 0.15) is 18.5 Å². The molecule has 0 aromatic heterocycles. The number of esters is 1. The molecule has 32 heavy (non-hydrogen) atoms. The molecule has 9 heteroatoms. The second-order valence-electron chi connectivity index (χ2n) is 6.86. The first-order valence-electron chi connectivity index (χ1n) is 9.94. The van der Waals surface area contributed by atoms with Crippen molar-refractivity contribution in [1.82, 2.24) is 10.2 Å². The summed E-state index contributed by atoms with van der Waals surface area (Å²) in [6.07, 6.45) is 0. The Balaban J connectivity index is 2.08. The van der Waals surface area contributed by atoms with Gasteiger partial charge in [-0.2, -0.15) is 0 Å². The number of methoxy groups -OCH3 is 2. The van der Waals surface area contributed by atoms with E-state index in [-0.39, 0.29) is 30.2 Å². The van der Waals surface area contributed by atoms with E-state index in [2.05, 4.69) is 5.32 Å². The lowest BCUT2D eigenvalue weighted by Gasteiger charge is -2.34. The van der Waals surface area contributed by atoms with E-state index < -0.39 is 23.9 Å². The van der Waals surface area contributed by atoms with Crippen LogP contribution in [0.5, 0.6) is 17.2 Å². The Morgan fingerprint density at radius 2 is 1.81 bits per heavy atom. The van der Waals surface area contributed by atoms with Gasteiger partial charge in [0.05, 0.1) is 38.1 Å². The molecule has 2 amide bonds. The third-order valence-electron chi connectivity index (χ3n) is 5.01. The van der Waals surface area contributed by atoms with Crippen LogP contribution in [0.4, 0.5) is 9.18 Å². The van der Waals surface area contributed by atoms with E-state index in [4.69, 9.17) is 18.9 Å². The van der Waals surface area contributed by atoms with E-state index in [1.54, 1.807) is 37.3 Å². The maximum Gasteiger partial charge on any atom is 0.338 e. The van der Waals surface area contributed by atoms with Gasteiger partial charge in [-0.3, -0.25) is 4.90 Å². The summed E-state index contributed by atoms with van der Waals surface area (Å²) in [4.78, 5) is 26.9. The van der Waals surface area contributed by atoms with Gasteiger partial charge in [-0.15, -0.1) is 0 Å². The second-order valence-corrected chi connectivity index (χ2v) is 6.86. The van der Waals surface area contributed by atoms with E-state index in [1.165, 1.54) is 38.3 Å². The van der Waals surface area contributed by atoms with Gasteiger partial charge in [0.15, 0.2) is 23.1 Å². The van der Waals surface area contributed by atoms with Crippen LogP contribution in [-0.4, -0.2) is 51.4 Å². The number of benzene rings is 2. The fraction of sp³-hybridized carbons (Fsp3) is 0.304. The number of nitrogens with zero attached hydrogens (tertiary/aromatic N) is 1. The topological polar surface area (TPSA) is 86.3 Å². The highest BCUT2D eigenvalue weighted by Gasteiger charge is 2.37. The van der Waals surface area contributed by atoms with Crippen LogP contribution in [0.15, 0.2) is 53.7 Å². The molecule has 8 nitrogen and oxygen atoms in total. The molecule has 3 rings (SSSR count). The molecule has 2 aromatic carbocycles. The Hall–Kier alpha value is -3.75. The summed E-state index contributed by atoms with van der Waals surface area (Å²) < 4.78 is 35.5. The van der Waals surface area contributed by atoms with E-state index in [1.807, 2.05) is 0 Å². The van der Waals surface area contributed by atoms with Crippen LogP contribution in [0.2, 0.25) is 0 Å². The molecular formula is C23H25FN2O6. The maximum atomic E-state index is 14.0. The smallest absolute Gasteiger partial charge is 0.338 e. The Morgan fingerprint density at radius 1 is 1.09 bits per heavy atom. The second kappa shape index (κ2) is 10.0. The highest BCUT2D eigenvalue weighted by atomic mass is 19.1. The largest absolute Gasteiger partial charge is 0.493 e. The fourth-order valence-corrected chi connectivity index (χ4v) is 3.37. The predicted molar refractivity (Wildman–Crippen MR) is 114 cm³/mol. The summed E-state index contributed by atoms with van der Waals surface area (Å²) in [5.41, 5.74) is 1.02. The number of nitrogens with one attached hydrogen (secondary N) is 1. The third-order valence-corrected chi connectivity index (χ3v) is 5.01. The minimum Gasteiger partial charge on any atom is -0.493 e. The van der Waals surface area contributed by atoms with Crippen molar-refractivity contribution in [2.45, 2.75) is 13.0 Å². The number of hydrogen-bond donors (Lipinski definition) is 1. The van der Waals surface area contributed by atoms with Crippen LogP contribution in [-0.2, 0) is 9.53 Å². The molecule has 0 unspecified atom stereocenters.